The summed E-state index contributed by atoms with van der Waals surface area (Å²) in [5.74, 6) is 1.32. The van der Waals surface area contributed by atoms with E-state index in [4.69, 9.17) is 0 Å². The predicted molar refractivity (Wildman–Crippen MR) is 114 cm³/mol. The lowest BCUT2D eigenvalue weighted by molar-refractivity contribution is -0.113. The minimum absolute atomic E-state index is 0.119. The number of carbonyl (C=O) groups is 1. The fourth-order valence-corrected chi connectivity index (χ4v) is 5.18. The van der Waals surface area contributed by atoms with Crippen molar-refractivity contribution in [2.75, 3.05) is 11.1 Å². The number of nitrogens with one attached hydrogen (secondary N) is 1. The Balaban J connectivity index is 1.35. The Kier molecular flexibility index (Phi) is 6.50. The van der Waals surface area contributed by atoms with Crippen molar-refractivity contribution in [2.24, 2.45) is 0 Å². The summed E-state index contributed by atoms with van der Waals surface area (Å²) in [4.78, 5) is 16.7. The summed E-state index contributed by atoms with van der Waals surface area (Å²) in [6, 6.07) is 5.68. The van der Waals surface area contributed by atoms with Crippen molar-refractivity contribution in [3.05, 3.63) is 29.4 Å². The van der Waals surface area contributed by atoms with Crippen LogP contribution in [0.2, 0.25) is 0 Å². The maximum absolute atomic E-state index is 12.4. The van der Waals surface area contributed by atoms with E-state index in [-0.39, 0.29) is 11.7 Å². The van der Waals surface area contributed by atoms with Gasteiger partial charge in [-0.05, 0) is 31.9 Å². The Morgan fingerprint density at radius 2 is 2.07 bits per heavy atom. The third kappa shape index (κ3) is 4.81. The van der Waals surface area contributed by atoms with Gasteiger partial charge in [0.2, 0.25) is 11.0 Å². The van der Waals surface area contributed by atoms with Crippen molar-refractivity contribution in [1.82, 2.24) is 29.9 Å². The second kappa shape index (κ2) is 9.45. The highest BCUT2D eigenvalue weighted by molar-refractivity contribution is 7.99. The van der Waals surface area contributed by atoms with Gasteiger partial charge in [0.15, 0.2) is 11.0 Å². The molecule has 0 aromatic carbocycles. The molecule has 3 aromatic heterocycles. The summed E-state index contributed by atoms with van der Waals surface area (Å²) >= 11 is 2.85. The standard InChI is InChI=1S/C19H23N7OS2/c1-2-26-16(14-10-6-7-11-20-14)22-25-19(26)28-12-15(27)21-18-24-23-17(29-18)13-8-4-3-5-9-13/h6-7,10-11,13H,2-5,8-9,12H2,1H3,(H,21,24,27). The van der Waals surface area contributed by atoms with E-state index in [9.17, 15) is 4.79 Å². The first-order valence-corrected chi connectivity index (χ1v) is 11.7. The molecule has 1 amide bonds. The summed E-state index contributed by atoms with van der Waals surface area (Å²) in [7, 11) is 0. The molecule has 0 atom stereocenters. The summed E-state index contributed by atoms with van der Waals surface area (Å²) < 4.78 is 1.96. The number of aromatic nitrogens is 6. The zero-order valence-electron chi connectivity index (χ0n) is 16.2. The smallest absolute Gasteiger partial charge is 0.236 e. The van der Waals surface area contributed by atoms with Gasteiger partial charge >= 0.3 is 0 Å². The van der Waals surface area contributed by atoms with E-state index in [0.29, 0.717) is 28.6 Å². The van der Waals surface area contributed by atoms with Crippen molar-refractivity contribution in [3.8, 4) is 11.5 Å². The van der Waals surface area contributed by atoms with Crippen molar-refractivity contribution >= 4 is 34.1 Å². The van der Waals surface area contributed by atoms with Crippen molar-refractivity contribution in [2.45, 2.75) is 56.6 Å². The number of rotatable bonds is 7. The third-order valence-corrected chi connectivity index (χ3v) is 6.87. The average Bonchev–Trinajstić information content (AvgIpc) is 3.40. The van der Waals surface area contributed by atoms with E-state index in [1.165, 1.54) is 55.2 Å². The van der Waals surface area contributed by atoms with E-state index in [1.54, 1.807) is 6.20 Å². The number of hydrogen-bond donors (Lipinski definition) is 1. The van der Waals surface area contributed by atoms with Crippen LogP contribution in [0.5, 0.6) is 0 Å². The van der Waals surface area contributed by atoms with Crippen LogP contribution in [0.3, 0.4) is 0 Å². The Morgan fingerprint density at radius 3 is 2.83 bits per heavy atom. The molecule has 8 nitrogen and oxygen atoms in total. The molecule has 0 spiro atoms. The van der Waals surface area contributed by atoms with Gasteiger partial charge in [0, 0.05) is 18.7 Å². The number of hydrogen-bond acceptors (Lipinski definition) is 8. The molecule has 29 heavy (non-hydrogen) atoms. The van der Waals surface area contributed by atoms with Crippen LogP contribution in [0.15, 0.2) is 29.6 Å². The monoisotopic (exact) mass is 429 g/mol. The lowest BCUT2D eigenvalue weighted by Crippen LogP contribution is -2.14. The van der Waals surface area contributed by atoms with Gasteiger partial charge in [-0.3, -0.25) is 15.1 Å². The first-order valence-electron chi connectivity index (χ1n) is 9.85. The summed E-state index contributed by atoms with van der Waals surface area (Å²) in [5.41, 5.74) is 0.766. The molecule has 0 radical (unpaired) electrons. The normalized spacial score (nSPS) is 14.8. The molecular formula is C19H23N7OS2. The van der Waals surface area contributed by atoms with Gasteiger partial charge < -0.3 is 4.57 Å². The van der Waals surface area contributed by atoms with Crippen molar-refractivity contribution < 1.29 is 4.79 Å². The van der Waals surface area contributed by atoms with Crippen LogP contribution in [0.25, 0.3) is 11.5 Å². The van der Waals surface area contributed by atoms with Crippen molar-refractivity contribution in [1.29, 1.82) is 0 Å². The number of anilines is 1. The van der Waals surface area contributed by atoms with Crippen LogP contribution in [0, 0.1) is 0 Å². The largest absolute Gasteiger partial charge is 0.301 e. The van der Waals surface area contributed by atoms with Gasteiger partial charge in [-0.25, -0.2) is 0 Å². The molecule has 0 unspecified atom stereocenters. The SMILES string of the molecule is CCn1c(SCC(=O)Nc2nnc(C3CCCCC3)s2)nnc1-c1ccccn1. The first kappa shape index (κ1) is 20.0. The third-order valence-electron chi connectivity index (χ3n) is 4.90. The van der Waals surface area contributed by atoms with Crippen LogP contribution in [0.1, 0.15) is 50.0 Å². The molecule has 152 valence electrons. The molecule has 1 aliphatic rings. The van der Waals surface area contributed by atoms with Gasteiger partial charge in [-0.2, -0.15) is 0 Å². The van der Waals surface area contributed by atoms with Gasteiger partial charge in [0.25, 0.3) is 0 Å². The van der Waals surface area contributed by atoms with E-state index in [2.05, 4.69) is 30.7 Å². The van der Waals surface area contributed by atoms with E-state index < -0.39 is 0 Å². The lowest BCUT2D eigenvalue weighted by Gasteiger charge is -2.18. The van der Waals surface area contributed by atoms with E-state index in [0.717, 1.165) is 10.7 Å². The summed E-state index contributed by atoms with van der Waals surface area (Å²) in [6.07, 6.45) is 7.88. The Hall–Kier alpha value is -2.33. The molecule has 3 heterocycles. The van der Waals surface area contributed by atoms with Gasteiger partial charge in [-0.1, -0.05) is 48.4 Å². The first-order chi connectivity index (χ1) is 14.2. The fourth-order valence-electron chi connectivity index (χ4n) is 3.45. The Morgan fingerprint density at radius 1 is 1.21 bits per heavy atom. The molecule has 3 aromatic rings. The van der Waals surface area contributed by atoms with E-state index >= 15 is 0 Å². The van der Waals surface area contributed by atoms with E-state index in [1.807, 2.05) is 29.7 Å². The number of thioether (sulfide) groups is 1. The zero-order valence-corrected chi connectivity index (χ0v) is 17.9. The van der Waals surface area contributed by atoms with Gasteiger partial charge in [0.05, 0.1) is 5.75 Å². The van der Waals surface area contributed by atoms with Gasteiger partial charge in [0.1, 0.15) is 10.7 Å². The highest BCUT2D eigenvalue weighted by Gasteiger charge is 2.20. The predicted octanol–water partition coefficient (Wildman–Crippen LogP) is 3.99. The Labute approximate surface area is 177 Å². The molecule has 4 rings (SSSR count). The van der Waals surface area contributed by atoms with Gasteiger partial charge in [-0.15, -0.1) is 20.4 Å². The molecule has 0 bridgehead atoms. The molecule has 1 fully saturated rings. The summed E-state index contributed by atoms with van der Waals surface area (Å²) in [5, 5.41) is 22.1. The fraction of sp³-hybridized carbons (Fsp3) is 0.474. The maximum atomic E-state index is 12.4. The summed E-state index contributed by atoms with van der Waals surface area (Å²) in [6.45, 7) is 2.72. The highest BCUT2D eigenvalue weighted by atomic mass is 32.2. The lowest BCUT2D eigenvalue weighted by atomic mass is 9.90. The topological polar surface area (TPSA) is 98.5 Å². The van der Waals surface area contributed by atoms with Crippen LogP contribution in [-0.4, -0.2) is 41.6 Å². The minimum Gasteiger partial charge on any atom is -0.301 e. The molecule has 1 N–H and O–H groups in total. The molecule has 1 saturated carbocycles. The molecule has 10 heteroatoms. The van der Waals surface area contributed by atoms with Crippen LogP contribution >= 0.6 is 23.1 Å². The number of amides is 1. The number of nitrogens with zero attached hydrogens (tertiary/aromatic N) is 6. The second-order valence-electron chi connectivity index (χ2n) is 6.88. The second-order valence-corrected chi connectivity index (χ2v) is 8.83. The molecule has 0 saturated heterocycles. The van der Waals surface area contributed by atoms with Crippen LogP contribution in [0.4, 0.5) is 5.13 Å². The Bertz CT molecular complexity index is 951. The maximum Gasteiger partial charge on any atom is 0.236 e. The number of carbonyl (C=O) groups excluding carboxylic acids is 1. The molecule has 1 aliphatic carbocycles. The minimum atomic E-state index is -0.119. The molecule has 0 aliphatic heterocycles. The highest BCUT2D eigenvalue weighted by Crippen LogP contribution is 2.35. The number of pyridine rings is 1. The molecular weight excluding hydrogens is 406 g/mol. The van der Waals surface area contributed by atoms with Crippen LogP contribution < -0.4 is 5.32 Å². The zero-order chi connectivity index (χ0) is 20.1. The van der Waals surface area contributed by atoms with Crippen molar-refractivity contribution in [3.63, 3.8) is 0 Å². The quantitative estimate of drug-likeness (QED) is 0.567. The van der Waals surface area contributed by atoms with Crippen LogP contribution in [-0.2, 0) is 11.3 Å². The average molecular weight is 430 g/mol.